The summed E-state index contributed by atoms with van der Waals surface area (Å²) in [5, 5.41) is 11.9. The Bertz CT molecular complexity index is 640. The van der Waals surface area contributed by atoms with Crippen molar-refractivity contribution in [3.8, 4) is 0 Å². The Labute approximate surface area is 161 Å². The van der Waals surface area contributed by atoms with Crippen molar-refractivity contribution >= 4 is 46.8 Å². The van der Waals surface area contributed by atoms with Crippen molar-refractivity contribution in [2.24, 2.45) is 0 Å². The minimum Gasteiger partial charge on any atom is -0.481 e. The van der Waals surface area contributed by atoms with Gasteiger partial charge in [0.15, 0.2) is 0 Å². The molecule has 0 saturated heterocycles. The molecule has 0 unspecified atom stereocenters. The zero-order valence-corrected chi connectivity index (χ0v) is 16.7. The lowest BCUT2D eigenvalue weighted by Crippen LogP contribution is -2.20. The Morgan fingerprint density at radius 2 is 0.960 bits per heavy atom. The van der Waals surface area contributed by atoms with Crippen molar-refractivity contribution in [1.29, 1.82) is 0 Å². The van der Waals surface area contributed by atoms with Crippen LogP contribution in [0.25, 0.3) is 0 Å². The Morgan fingerprint density at radius 3 is 1.16 bits per heavy atom. The molecule has 3 aromatic rings. The molecule has 25 heavy (non-hydrogen) atoms. The number of halogens is 1. The minimum absolute atomic E-state index is 0. The summed E-state index contributed by atoms with van der Waals surface area (Å²) in [6.45, 7) is 1.60. The van der Waals surface area contributed by atoms with Crippen LogP contribution in [0.3, 0.4) is 0 Å². The topological polar surface area (TPSA) is 37.3 Å². The van der Waals surface area contributed by atoms with E-state index in [0.717, 1.165) is 0 Å². The second-order valence-corrected chi connectivity index (χ2v) is 7.31. The third-order valence-electron chi connectivity index (χ3n) is 3.35. The molecular formula is C21H22BrO2P. The van der Waals surface area contributed by atoms with Gasteiger partial charge in [-0.3, -0.25) is 4.79 Å². The highest BCUT2D eigenvalue weighted by Gasteiger charge is 2.14. The smallest absolute Gasteiger partial charge is 0.303 e. The zero-order valence-electron chi connectivity index (χ0n) is 14.1. The Morgan fingerprint density at radius 1 is 0.720 bits per heavy atom. The summed E-state index contributed by atoms with van der Waals surface area (Å²) >= 11 is 0. The maximum atomic E-state index is 9.37. The molecule has 1 N–H and O–H groups in total. The Balaban J connectivity index is 0.000000462. The lowest BCUT2D eigenvalue weighted by Gasteiger charge is -2.18. The van der Waals surface area contributed by atoms with E-state index >= 15 is 0 Å². The first-order chi connectivity index (χ1) is 11.7. The van der Waals surface area contributed by atoms with Crippen LogP contribution in [0.5, 0.6) is 0 Å². The van der Waals surface area contributed by atoms with E-state index in [0.29, 0.717) is 0 Å². The van der Waals surface area contributed by atoms with Crippen LogP contribution < -0.4 is 15.9 Å². The maximum absolute atomic E-state index is 9.37. The minimum atomic E-state index is -0.745. The fourth-order valence-corrected chi connectivity index (χ4v) is 4.48. The second kappa shape index (κ2) is 11.6. The highest BCUT2D eigenvalue weighted by Crippen LogP contribution is 2.32. The van der Waals surface area contributed by atoms with Crippen molar-refractivity contribution < 1.29 is 9.90 Å². The van der Waals surface area contributed by atoms with E-state index in [2.05, 4.69) is 91.0 Å². The fraction of sp³-hybridized carbons (Fsp3) is 0.0952. The van der Waals surface area contributed by atoms with E-state index in [-0.39, 0.29) is 23.4 Å². The molecular weight excluding hydrogens is 395 g/mol. The third-order valence-corrected chi connectivity index (χ3v) is 5.79. The van der Waals surface area contributed by atoms with E-state index in [4.69, 9.17) is 5.11 Å². The quantitative estimate of drug-likeness (QED) is 0.635. The van der Waals surface area contributed by atoms with Crippen LogP contribution in [-0.2, 0) is 4.79 Å². The standard InChI is InChI=1S/C18H15P.C3H6O2.BrH/c1-4-10-16(11-5-1)19(17-12-6-2-7-13-17)18-14-8-3-9-15-18;1-2-3(4)5;/h1-15H;2H2,1H3,(H,4,5);1H. The van der Waals surface area contributed by atoms with Crippen LogP contribution in [-0.4, -0.2) is 11.1 Å². The number of carboxylic acids is 1. The Hall–Kier alpha value is -1.96. The zero-order chi connectivity index (χ0) is 17.2. The van der Waals surface area contributed by atoms with Gasteiger partial charge in [0.05, 0.1) is 0 Å². The SMILES string of the molecule is Br.CCC(=O)O.c1ccc(P(c2ccccc2)c2ccccc2)cc1. The third kappa shape index (κ3) is 6.81. The first-order valence-electron chi connectivity index (χ1n) is 7.89. The van der Waals surface area contributed by atoms with E-state index in [1.165, 1.54) is 15.9 Å². The summed E-state index contributed by atoms with van der Waals surface area (Å²) in [5.74, 6) is -0.745. The number of hydrogen-bond donors (Lipinski definition) is 1. The Kier molecular flexibility index (Phi) is 9.76. The van der Waals surface area contributed by atoms with Gasteiger partial charge in [-0.1, -0.05) is 97.9 Å². The van der Waals surface area contributed by atoms with Crippen molar-refractivity contribution in [2.45, 2.75) is 13.3 Å². The highest BCUT2D eigenvalue weighted by atomic mass is 79.9. The molecule has 0 fully saturated rings. The summed E-state index contributed by atoms with van der Waals surface area (Å²) in [7, 11) is -0.446. The van der Waals surface area contributed by atoms with Crippen LogP contribution in [0, 0.1) is 0 Å². The molecule has 0 aliphatic rings. The molecule has 0 saturated carbocycles. The van der Waals surface area contributed by atoms with Gasteiger partial charge in [-0.15, -0.1) is 17.0 Å². The molecule has 0 heterocycles. The number of rotatable bonds is 4. The number of benzene rings is 3. The van der Waals surface area contributed by atoms with Gasteiger partial charge < -0.3 is 5.11 Å². The molecule has 0 bridgehead atoms. The first kappa shape index (κ1) is 21.1. The average Bonchev–Trinajstić information content (AvgIpc) is 2.65. The van der Waals surface area contributed by atoms with Gasteiger partial charge in [-0.2, -0.15) is 0 Å². The average molecular weight is 417 g/mol. The summed E-state index contributed by atoms with van der Waals surface area (Å²) in [6, 6.07) is 32.3. The number of aliphatic carboxylic acids is 1. The number of hydrogen-bond acceptors (Lipinski definition) is 1. The van der Waals surface area contributed by atoms with E-state index < -0.39 is 13.9 Å². The molecule has 0 aliphatic heterocycles. The molecule has 2 nitrogen and oxygen atoms in total. The van der Waals surface area contributed by atoms with Crippen molar-refractivity contribution in [1.82, 2.24) is 0 Å². The van der Waals surface area contributed by atoms with Crippen molar-refractivity contribution in [3.63, 3.8) is 0 Å². The molecule has 0 aliphatic carbocycles. The first-order valence-corrected chi connectivity index (χ1v) is 9.23. The molecule has 4 heteroatoms. The molecule has 0 radical (unpaired) electrons. The van der Waals surface area contributed by atoms with Gasteiger partial charge in [-0.05, 0) is 23.8 Å². The lowest BCUT2D eigenvalue weighted by atomic mass is 10.4. The normalized spacial score (nSPS) is 9.52. The van der Waals surface area contributed by atoms with Crippen LogP contribution in [0.2, 0.25) is 0 Å². The molecule has 3 aromatic carbocycles. The lowest BCUT2D eigenvalue weighted by molar-refractivity contribution is -0.136. The summed E-state index contributed by atoms with van der Waals surface area (Å²) in [6.07, 6.45) is 0.222. The van der Waals surface area contributed by atoms with Crippen LogP contribution in [0.15, 0.2) is 91.0 Å². The predicted octanol–water partition coefficient (Wildman–Crippen LogP) is 4.50. The molecule has 0 atom stereocenters. The van der Waals surface area contributed by atoms with Gasteiger partial charge >= 0.3 is 5.97 Å². The van der Waals surface area contributed by atoms with Crippen molar-refractivity contribution in [3.05, 3.63) is 91.0 Å². The van der Waals surface area contributed by atoms with Gasteiger partial charge in [-0.25, -0.2) is 0 Å². The van der Waals surface area contributed by atoms with Crippen LogP contribution in [0.4, 0.5) is 0 Å². The van der Waals surface area contributed by atoms with Crippen molar-refractivity contribution in [2.75, 3.05) is 0 Å². The van der Waals surface area contributed by atoms with Gasteiger partial charge in [0.1, 0.15) is 0 Å². The predicted molar refractivity (Wildman–Crippen MR) is 113 cm³/mol. The molecule has 0 spiro atoms. The largest absolute Gasteiger partial charge is 0.481 e. The summed E-state index contributed by atoms with van der Waals surface area (Å²) < 4.78 is 0. The second-order valence-electron chi connectivity index (χ2n) is 5.09. The van der Waals surface area contributed by atoms with Gasteiger partial charge in [0.25, 0.3) is 0 Å². The molecule has 130 valence electrons. The number of carbonyl (C=O) groups is 1. The highest BCUT2D eigenvalue weighted by molar-refractivity contribution is 8.93. The maximum Gasteiger partial charge on any atom is 0.303 e. The molecule has 0 amide bonds. The van der Waals surface area contributed by atoms with E-state index in [1.807, 2.05) is 0 Å². The van der Waals surface area contributed by atoms with Gasteiger partial charge in [0, 0.05) is 6.42 Å². The fourth-order valence-electron chi connectivity index (χ4n) is 2.18. The molecule has 3 rings (SSSR count). The molecule has 0 aromatic heterocycles. The van der Waals surface area contributed by atoms with E-state index in [1.54, 1.807) is 6.92 Å². The monoisotopic (exact) mass is 416 g/mol. The summed E-state index contributed by atoms with van der Waals surface area (Å²) in [5.41, 5.74) is 0. The number of carboxylic acid groups (broad SMARTS) is 1. The van der Waals surface area contributed by atoms with Crippen LogP contribution in [0.1, 0.15) is 13.3 Å². The van der Waals surface area contributed by atoms with Gasteiger partial charge in [0.2, 0.25) is 0 Å². The van der Waals surface area contributed by atoms with E-state index in [9.17, 15) is 4.79 Å². The summed E-state index contributed by atoms with van der Waals surface area (Å²) in [4.78, 5) is 9.37. The van der Waals surface area contributed by atoms with Crippen LogP contribution >= 0.6 is 24.9 Å².